The van der Waals surface area contributed by atoms with E-state index < -0.39 is 11.4 Å². The van der Waals surface area contributed by atoms with Crippen LogP contribution < -0.4 is 10.9 Å². The van der Waals surface area contributed by atoms with Gasteiger partial charge in [0, 0.05) is 6.07 Å². The molecule has 1 amide bonds. The van der Waals surface area contributed by atoms with Crippen molar-refractivity contribution in [3.63, 3.8) is 0 Å². The van der Waals surface area contributed by atoms with E-state index in [9.17, 15) is 14.3 Å². The molecule has 6 heteroatoms. The molecule has 19 heavy (non-hydrogen) atoms. The van der Waals surface area contributed by atoms with Gasteiger partial charge in [-0.2, -0.15) is 0 Å². The van der Waals surface area contributed by atoms with Crippen molar-refractivity contribution in [2.45, 2.75) is 37.7 Å². The number of rotatable bonds is 4. The van der Waals surface area contributed by atoms with Gasteiger partial charge in [-0.05, 0) is 25.0 Å². The number of benzene rings is 1. The molecular formula is C13H16ClFN2O2. The summed E-state index contributed by atoms with van der Waals surface area (Å²) < 4.78 is 13.2. The van der Waals surface area contributed by atoms with Crippen LogP contribution in [-0.4, -0.2) is 16.6 Å². The highest BCUT2D eigenvalue weighted by molar-refractivity contribution is 6.30. The highest BCUT2D eigenvalue weighted by Gasteiger charge is 2.33. The minimum Gasteiger partial charge on any atom is -0.389 e. The normalized spacial score (nSPS) is 17.2. The van der Waals surface area contributed by atoms with E-state index in [0.717, 1.165) is 12.8 Å². The summed E-state index contributed by atoms with van der Waals surface area (Å²) in [5, 5.41) is 10.1. The molecule has 0 atom stereocenters. The highest BCUT2D eigenvalue weighted by Crippen LogP contribution is 2.32. The molecule has 0 unspecified atom stereocenters. The molecule has 0 aliphatic heterocycles. The van der Waals surface area contributed by atoms with Crippen LogP contribution in [0, 0.1) is 5.82 Å². The Morgan fingerprint density at radius 2 is 2.11 bits per heavy atom. The van der Waals surface area contributed by atoms with Gasteiger partial charge in [0.1, 0.15) is 5.82 Å². The van der Waals surface area contributed by atoms with Crippen LogP contribution in [0.25, 0.3) is 0 Å². The third kappa shape index (κ3) is 3.81. The van der Waals surface area contributed by atoms with Crippen molar-refractivity contribution in [1.29, 1.82) is 0 Å². The molecule has 4 nitrogen and oxygen atoms in total. The SMILES string of the molecule is O=C(CC1(O)CCCC1)NNc1ccc(Cl)c(F)c1. The molecule has 0 bridgehead atoms. The maximum absolute atomic E-state index is 13.2. The van der Waals surface area contributed by atoms with Gasteiger partial charge in [0.2, 0.25) is 5.91 Å². The molecule has 1 aliphatic carbocycles. The van der Waals surface area contributed by atoms with E-state index in [4.69, 9.17) is 11.6 Å². The molecule has 0 saturated heterocycles. The molecule has 1 saturated carbocycles. The van der Waals surface area contributed by atoms with E-state index in [2.05, 4.69) is 10.9 Å². The van der Waals surface area contributed by atoms with Crippen molar-refractivity contribution in [2.24, 2.45) is 0 Å². The van der Waals surface area contributed by atoms with Gasteiger partial charge >= 0.3 is 0 Å². The van der Waals surface area contributed by atoms with Crippen molar-refractivity contribution in [2.75, 3.05) is 5.43 Å². The van der Waals surface area contributed by atoms with E-state index in [1.54, 1.807) is 6.07 Å². The summed E-state index contributed by atoms with van der Waals surface area (Å²) in [5.41, 5.74) is 4.54. The zero-order chi connectivity index (χ0) is 13.9. The first kappa shape index (κ1) is 14.1. The first-order valence-electron chi connectivity index (χ1n) is 6.21. The Bertz CT molecular complexity index is 476. The van der Waals surface area contributed by atoms with E-state index >= 15 is 0 Å². The summed E-state index contributed by atoms with van der Waals surface area (Å²) in [5.74, 6) is -0.880. The number of hydrogen-bond acceptors (Lipinski definition) is 3. The summed E-state index contributed by atoms with van der Waals surface area (Å²) in [4.78, 5) is 11.7. The predicted octanol–water partition coefficient (Wildman–Crippen LogP) is 2.62. The van der Waals surface area contributed by atoms with Crippen LogP contribution in [0.2, 0.25) is 5.02 Å². The quantitative estimate of drug-likeness (QED) is 0.746. The lowest BCUT2D eigenvalue weighted by Crippen LogP contribution is -2.37. The summed E-state index contributed by atoms with van der Waals surface area (Å²) in [6, 6.07) is 4.14. The average Bonchev–Trinajstić information content (AvgIpc) is 2.77. The number of aliphatic hydroxyl groups is 1. The van der Waals surface area contributed by atoms with Gasteiger partial charge in [0.15, 0.2) is 0 Å². The zero-order valence-corrected chi connectivity index (χ0v) is 11.1. The van der Waals surface area contributed by atoms with Gasteiger partial charge in [0.05, 0.1) is 22.7 Å². The first-order valence-corrected chi connectivity index (χ1v) is 6.59. The second kappa shape index (κ2) is 5.75. The van der Waals surface area contributed by atoms with Crippen LogP contribution in [0.5, 0.6) is 0 Å². The van der Waals surface area contributed by atoms with Gasteiger partial charge in [-0.3, -0.25) is 15.6 Å². The molecule has 0 spiro atoms. The number of carbonyl (C=O) groups excluding carboxylic acids is 1. The molecular weight excluding hydrogens is 271 g/mol. The Morgan fingerprint density at radius 1 is 1.42 bits per heavy atom. The molecule has 1 aromatic carbocycles. The molecule has 0 aromatic heterocycles. The van der Waals surface area contributed by atoms with E-state index in [1.165, 1.54) is 12.1 Å². The minimum atomic E-state index is -0.892. The van der Waals surface area contributed by atoms with Crippen LogP contribution in [-0.2, 0) is 4.79 Å². The van der Waals surface area contributed by atoms with Crippen molar-refractivity contribution < 1.29 is 14.3 Å². The fourth-order valence-electron chi connectivity index (χ4n) is 2.27. The van der Waals surface area contributed by atoms with Gasteiger partial charge < -0.3 is 5.11 Å². The van der Waals surface area contributed by atoms with Crippen molar-refractivity contribution in [3.05, 3.63) is 29.0 Å². The van der Waals surface area contributed by atoms with Crippen LogP contribution in [0.3, 0.4) is 0 Å². The smallest absolute Gasteiger partial charge is 0.241 e. The summed E-state index contributed by atoms with van der Waals surface area (Å²) >= 11 is 5.55. The number of hydrogen-bond donors (Lipinski definition) is 3. The first-order chi connectivity index (χ1) is 8.98. The van der Waals surface area contributed by atoms with Gasteiger partial charge in [0.25, 0.3) is 0 Å². The summed E-state index contributed by atoms with van der Waals surface area (Å²) in [6.45, 7) is 0. The molecule has 0 radical (unpaired) electrons. The molecule has 1 fully saturated rings. The second-order valence-corrected chi connectivity index (χ2v) is 5.32. The Labute approximate surface area is 115 Å². The van der Waals surface area contributed by atoms with Gasteiger partial charge in [-0.25, -0.2) is 4.39 Å². The second-order valence-electron chi connectivity index (χ2n) is 4.91. The van der Waals surface area contributed by atoms with Crippen molar-refractivity contribution in [1.82, 2.24) is 5.43 Å². The number of carbonyl (C=O) groups is 1. The largest absolute Gasteiger partial charge is 0.389 e. The standard InChI is InChI=1S/C13H16ClFN2O2/c14-10-4-3-9(7-11(10)15)16-17-12(18)8-13(19)5-1-2-6-13/h3-4,7,16,19H,1-2,5-6,8H2,(H,17,18). The lowest BCUT2D eigenvalue weighted by molar-refractivity contribution is -0.125. The van der Waals surface area contributed by atoms with Crippen molar-refractivity contribution >= 4 is 23.2 Å². The maximum atomic E-state index is 13.2. The monoisotopic (exact) mass is 286 g/mol. The summed E-state index contributed by atoms with van der Waals surface area (Å²) in [6.07, 6.45) is 3.24. The van der Waals surface area contributed by atoms with Crippen LogP contribution in [0.4, 0.5) is 10.1 Å². The molecule has 0 heterocycles. The lowest BCUT2D eigenvalue weighted by atomic mass is 9.98. The van der Waals surface area contributed by atoms with E-state index in [1.807, 2.05) is 0 Å². The number of halogens is 2. The molecule has 1 aliphatic rings. The fourth-order valence-corrected chi connectivity index (χ4v) is 2.39. The number of nitrogens with one attached hydrogen (secondary N) is 2. The summed E-state index contributed by atoms with van der Waals surface area (Å²) in [7, 11) is 0. The Kier molecular flexibility index (Phi) is 4.27. The third-order valence-electron chi connectivity index (χ3n) is 3.29. The van der Waals surface area contributed by atoms with Gasteiger partial charge in [-0.15, -0.1) is 0 Å². The number of anilines is 1. The van der Waals surface area contributed by atoms with Crippen molar-refractivity contribution in [3.8, 4) is 0 Å². The number of amides is 1. The number of hydrazine groups is 1. The van der Waals surface area contributed by atoms with Crippen LogP contribution in [0.15, 0.2) is 18.2 Å². The predicted molar refractivity (Wildman–Crippen MR) is 71.2 cm³/mol. The lowest BCUT2D eigenvalue weighted by Gasteiger charge is -2.21. The maximum Gasteiger partial charge on any atom is 0.241 e. The molecule has 3 N–H and O–H groups in total. The van der Waals surface area contributed by atoms with Gasteiger partial charge in [-0.1, -0.05) is 24.4 Å². The Hall–Kier alpha value is -1.33. The Balaban J connectivity index is 1.84. The van der Waals surface area contributed by atoms with E-state index in [-0.39, 0.29) is 17.4 Å². The topological polar surface area (TPSA) is 61.4 Å². The van der Waals surface area contributed by atoms with Crippen LogP contribution >= 0.6 is 11.6 Å². The Morgan fingerprint density at radius 3 is 2.74 bits per heavy atom. The highest BCUT2D eigenvalue weighted by atomic mass is 35.5. The average molecular weight is 287 g/mol. The van der Waals surface area contributed by atoms with E-state index in [0.29, 0.717) is 18.5 Å². The third-order valence-corrected chi connectivity index (χ3v) is 3.60. The zero-order valence-electron chi connectivity index (χ0n) is 10.4. The fraction of sp³-hybridized carbons (Fsp3) is 0.462. The molecule has 1 aromatic rings. The van der Waals surface area contributed by atoms with Crippen LogP contribution in [0.1, 0.15) is 32.1 Å². The molecule has 2 rings (SSSR count). The molecule has 104 valence electrons. The minimum absolute atomic E-state index is 0.0251.